The molecule has 8 nitrogen and oxygen atoms in total. The number of nitrogens with zero attached hydrogens (tertiary/aromatic N) is 1. The molecule has 0 bridgehead atoms. The number of ether oxygens (including phenoxy) is 2. The van der Waals surface area contributed by atoms with Gasteiger partial charge in [0.25, 0.3) is 0 Å². The topological polar surface area (TPSA) is 97.0 Å². The third-order valence-electron chi connectivity index (χ3n) is 4.44. The maximum Gasteiger partial charge on any atom is 0.314 e. The lowest BCUT2D eigenvalue weighted by atomic mass is 10.2. The molecule has 0 aromatic heterocycles. The normalized spacial score (nSPS) is 13.2. The molecule has 1 fully saturated rings. The number of rotatable bonds is 6. The molecule has 1 aliphatic rings. The van der Waals surface area contributed by atoms with E-state index in [0.717, 1.165) is 6.42 Å². The molecule has 0 atom stereocenters. The Morgan fingerprint density at radius 2 is 1.83 bits per heavy atom. The maximum absolute atomic E-state index is 12.3. The van der Waals surface area contributed by atoms with Gasteiger partial charge in [-0.1, -0.05) is 12.1 Å². The summed E-state index contributed by atoms with van der Waals surface area (Å²) in [6, 6.07) is 11.8. The highest BCUT2D eigenvalue weighted by molar-refractivity contribution is 6.43. The minimum atomic E-state index is -0.830. The predicted octanol–water partition coefficient (Wildman–Crippen LogP) is 2.80. The van der Waals surface area contributed by atoms with Crippen LogP contribution < -0.4 is 25.0 Å². The smallest absolute Gasteiger partial charge is 0.314 e. The van der Waals surface area contributed by atoms with E-state index in [1.54, 1.807) is 47.4 Å². The second-order valence-corrected chi connectivity index (χ2v) is 6.37. The van der Waals surface area contributed by atoms with E-state index >= 15 is 0 Å². The Hall–Kier alpha value is -3.55. The lowest BCUT2D eigenvalue weighted by molar-refractivity contribution is -0.133. The number of anilines is 3. The van der Waals surface area contributed by atoms with Crippen molar-refractivity contribution in [1.29, 1.82) is 0 Å². The van der Waals surface area contributed by atoms with Gasteiger partial charge < -0.3 is 25.0 Å². The van der Waals surface area contributed by atoms with Crippen molar-refractivity contribution in [3.05, 3.63) is 42.5 Å². The molecular formula is C21H23N3O5. The number of carbonyl (C=O) groups is 3. The van der Waals surface area contributed by atoms with Gasteiger partial charge in [-0.05, 0) is 37.6 Å². The average Bonchev–Trinajstić information content (AvgIpc) is 3.15. The van der Waals surface area contributed by atoms with E-state index in [1.165, 1.54) is 7.11 Å². The summed E-state index contributed by atoms with van der Waals surface area (Å²) < 4.78 is 10.8. The fraction of sp³-hybridized carbons (Fsp3) is 0.286. The molecule has 1 aliphatic heterocycles. The lowest BCUT2D eigenvalue weighted by Crippen LogP contribution is -2.29. The Kier molecular flexibility index (Phi) is 6.33. The molecular weight excluding hydrogens is 374 g/mol. The van der Waals surface area contributed by atoms with Gasteiger partial charge in [0.15, 0.2) is 0 Å². The molecule has 8 heteroatoms. The second kappa shape index (κ2) is 9.09. The molecule has 3 amide bonds. The lowest BCUT2D eigenvalue weighted by Gasteiger charge is -2.19. The summed E-state index contributed by atoms with van der Waals surface area (Å²) >= 11 is 0. The second-order valence-electron chi connectivity index (χ2n) is 6.37. The van der Waals surface area contributed by atoms with Gasteiger partial charge in [-0.3, -0.25) is 14.4 Å². The largest absolute Gasteiger partial charge is 0.494 e. The summed E-state index contributed by atoms with van der Waals surface area (Å²) in [4.78, 5) is 38.2. The number of hydrogen-bond donors (Lipinski definition) is 2. The van der Waals surface area contributed by atoms with E-state index < -0.39 is 11.8 Å². The summed E-state index contributed by atoms with van der Waals surface area (Å²) in [6.07, 6.45) is 1.30. The zero-order valence-corrected chi connectivity index (χ0v) is 16.4. The quantitative estimate of drug-likeness (QED) is 0.731. The molecule has 0 radical (unpaired) electrons. The van der Waals surface area contributed by atoms with Crippen LogP contribution in [0.15, 0.2) is 42.5 Å². The van der Waals surface area contributed by atoms with Gasteiger partial charge in [-0.25, -0.2) is 0 Å². The molecule has 0 saturated carbocycles. The van der Waals surface area contributed by atoms with Crippen LogP contribution in [0.4, 0.5) is 17.1 Å². The summed E-state index contributed by atoms with van der Waals surface area (Å²) in [5, 5.41) is 5.09. The summed E-state index contributed by atoms with van der Waals surface area (Å²) in [7, 11) is 1.49. The highest BCUT2D eigenvalue weighted by atomic mass is 16.5. The first-order valence-electron chi connectivity index (χ1n) is 9.36. The van der Waals surface area contributed by atoms with Crippen molar-refractivity contribution in [3.8, 4) is 11.5 Å². The van der Waals surface area contributed by atoms with Crippen LogP contribution in [0.25, 0.3) is 0 Å². The molecule has 29 heavy (non-hydrogen) atoms. The maximum atomic E-state index is 12.3. The summed E-state index contributed by atoms with van der Waals surface area (Å²) in [5.41, 5.74) is 1.44. The number of carbonyl (C=O) groups excluding carboxylic acids is 3. The Labute approximate surface area is 168 Å². The molecule has 0 unspecified atom stereocenters. The Morgan fingerprint density at radius 1 is 1.07 bits per heavy atom. The molecule has 2 aromatic rings. The van der Waals surface area contributed by atoms with Crippen LogP contribution >= 0.6 is 0 Å². The van der Waals surface area contributed by atoms with Crippen LogP contribution in [0, 0.1) is 0 Å². The third kappa shape index (κ3) is 4.66. The standard InChI is InChI=1S/C21H23N3O5/c1-3-29-17-8-5-4-7-15(17)23-21(27)20(26)22-14-10-11-16(18(13-14)28-2)24-12-6-9-19(24)25/h4-5,7-8,10-11,13H,3,6,9,12H2,1-2H3,(H,22,26)(H,23,27). The van der Waals surface area contributed by atoms with Crippen LogP contribution in [0.3, 0.4) is 0 Å². The zero-order valence-electron chi connectivity index (χ0n) is 16.4. The Morgan fingerprint density at radius 3 is 2.52 bits per heavy atom. The van der Waals surface area contributed by atoms with Crippen LogP contribution in [-0.2, 0) is 14.4 Å². The average molecular weight is 397 g/mol. The molecule has 3 rings (SSSR count). The van der Waals surface area contributed by atoms with Crippen LogP contribution in [-0.4, -0.2) is 38.0 Å². The first-order valence-corrected chi connectivity index (χ1v) is 9.36. The number of para-hydroxylation sites is 2. The molecule has 1 heterocycles. The molecule has 152 valence electrons. The van der Waals surface area contributed by atoms with Crippen LogP contribution in [0.5, 0.6) is 11.5 Å². The fourth-order valence-corrected chi connectivity index (χ4v) is 3.10. The van der Waals surface area contributed by atoms with E-state index in [9.17, 15) is 14.4 Å². The fourth-order valence-electron chi connectivity index (χ4n) is 3.10. The van der Waals surface area contributed by atoms with E-state index in [-0.39, 0.29) is 5.91 Å². The van der Waals surface area contributed by atoms with Crippen molar-refractivity contribution in [2.45, 2.75) is 19.8 Å². The number of methoxy groups -OCH3 is 1. The number of benzene rings is 2. The minimum absolute atomic E-state index is 0.0347. The van der Waals surface area contributed by atoms with Crippen molar-refractivity contribution in [3.63, 3.8) is 0 Å². The molecule has 2 N–H and O–H groups in total. The zero-order chi connectivity index (χ0) is 20.8. The van der Waals surface area contributed by atoms with Crippen LogP contribution in [0.2, 0.25) is 0 Å². The predicted molar refractivity (Wildman–Crippen MR) is 109 cm³/mol. The molecule has 2 aromatic carbocycles. The van der Waals surface area contributed by atoms with Crippen molar-refractivity contribution in [2.75, 3.05) is 35.8 Å². The van der Waals surface area contributed by atoms with Crippen molar-refractivity contribution in [1.82, 2.24) is 0 Å². The highest BCUT2D eigenvalue weighted by Crippen LogP contribution is 2.33. The van der Waals surface area contributed by atoms with E-state index in [0.29, 0.717) is 48.1 Å². The SMILES string of the molecule is CCOc1ccccc1NC(=O)C(=O)Nc1ccc(N2CCCC2=O)c(OC)c1. The molecule has 0 spiro atoms. The summed E-state index contributed by atoms with van der Waals surface area (Å²) in [5.74, 6) is -0.691. The minimum Gasteiger partial charge on any atom is -0.494 e. The third-order valence-corrected chi connectivity index (χ3v) is 4.44. The van der Waals surface area contributed by atoms with Gasteiger partial charge in [-0.2, -0.15) is 0 Å². The van der Waals surface area contributed by atoms with Gasteiger partial charge in [0.1, 0.15) is 11.5 Å². The molecule has 0 aliphatic carbocycles. The Bertz CT molecular complexity index is 928. The molecule has 1 saturated heterocycles. The number of hydrogen-bond acceptors (Lipinski definition) is 5. The summed E-state index contributed by atoms with van der Waals surface area (Å²) in [6.45, 7) is 2.89. The van der Waals surface area contributed by atoms with Gasteiger partial charge in [0, 0.05) is 24.7 Å². The van der Waals surface area contributed by atoms with Gasteiger partial charge in [-0.15, -0.1) is 0 Å². The van der Waals surface area contributed by atoms with E-state index in [1.807, 2.05) is 6.92 Å². The van der Waals surface area contributed by atoms with E-state index in [2.05, 4.69) is 10.6 Å². The van der Waals surface area contributed by atoms with Crippen molar-refractivity contribution >= 4 is 34.8 Å². The highest BCUT2D eigenvalue weighted by Gasteiger charge is 2.25. The van der Waals surface area contributed by atoms with Gasteiger partial charge in [0.2, 0.25) is 5.91 Å². The van der Waals surface area contributed by atoms with Gasteiger partial charge >= 0.3 is 11.8 Å². The number of amides is 3. The number of nitrogens with one attached hydrogen (secondary N) is 2. The van der Waals surface area contributed by atoms with Crippen molar-refractivity contribution < 1.29 is 23.9 Å². The van der Waals surface area contributed by atoms with Crippen LogP contribution in [0.1, 0.15) is 19.8 Å². The first-order chi connectivity index (χ1) is 14.0. The Balaban J connectivity index is 1.70. The van der Waals surface area contributed by atoms with E-state index in [4.69, 9.17) is 9.47 Å². The first kappa shape index (κ1) is 20.2. The van der Waals surface area contributed by atoms with Gasteiger partial charge in [0.05, 0.1) is 25.1 Å². The monoisotopic (exact) mass is 397 g/mol. The van der Waals surface area contributed by atoms with Crippen molar-refractivity contribution in [2.24, 2.45) is 0 Å².